The summed E-state index contributed by atoms with van der Waals surface area (Å²) in [5.74, 6) is 1.75. The van der Waals surface area contributed by atoms with Crippen LogP contribution < -0.4 is 10.2 Å². The van der Waals surface area contributed by atoms with Gasteiger partial charge < -0.3 is 15.0 Å². The number of aromatic nitrogens is 2. The second-order valence-electron chi connectivity index (χ2n) is 6.67. The van der Waals surface area contributed by atoms with Gasteiger partial charge in [0.1, 0.15) is 11.6 Å². The largest absolute Gasteiger partial charge is 0.369 e. The Hall–Kier alpha value is -1.36. The fourth-order valence-electron chi connectivity index (χ4n) is 2.80. The Balaban J connectivity index is 2.18. The summed E-state index contributed by atoms with van der Waals surface area (Å²) in [5, 5.41) is 3.28. The summed E-state index contributed by atoms with van der Waals surface area (Å²) in [6.45, 7) is 13.2. The molecule has 1 saturated heterocycles. The zero-order valence-electron chi connectivity index (χ0n) is 13.2. The lowest BCUT2D eigenvalue weighted by Gasteiger charge is -2.47. The van der Waals surface area contributed by atoms with Crippen molar-refractivity contribution in [1.82, 2.24) is 9.97 Å². The Morgan fingerprint density at radius 3 is 2.45 bits per heavy atom. The molecule has 20 heavy (non-hydrogen) atoms. The summed E-state index contributed by atoms with van der Waals surface area (Å²) < 4.78 is 6.10. The molecule has 1 aliphatic heterocycles. The molecule has 0 spiro atoms. The van der Waals surface area contributed by atoms with Gasteiger partial charge >= 0.3 is 0 Å². The number of ether oxygens (including phenoxy) is 1. The molecule has 0 aromatic carbocycles. The van der Waals surface area contributed by atoms with E-state index in [0.717, 1.165) is 37.7 Å². The SMILES string of the molecule is CCCNc1cncc(N2CC(C)(C)OC(C)(C)C2)n1. The third-order valence-corrected chi connectivity index (χ3v) is 3.20. The lowest BCUT2D eigenvalue weighted by atomic mass is 9.99. The van der Waals surface area contributed by atoms with E-state index in [1.807, 2.05) is 6.20 Å². The zero-order chi connectivity index (χ0) is 14.8. The summed E-state index contributed by atoms with van der Waals surface area (Å²) in [6.07, 6.45) is 4.67. The lowest BCUT2D eigenvalue weighted by Crippen LogP contribution is -2.57. The highest BCUT2D eigenvalue weighted by molar-refractivity contribution is 5.45. The Morgan fingerprint density at radius 1 is 1.20 bits per heavy atom. The van der Waals surface area contributed by atoms with E-state index < -0.39 is 0 Å². The van der Waals surface area contributed by atoms with Gasteiger partial charge in [0.15, 0.2) is 0 Å². The van der Waals surface area contributed by atoms with Gasteiger partial charge in [0.25, 0.3) is 0 Å². The Labute approximate surface area is 121 Å². The average molecular weight is 278 g/mol. The van der Waals surface area contributed by atoms with Crippen LogP contribution in [0.4, 0.5) is 11.6 Å². The predicted molar refractivity (Wildman–Crippen MR) is 82.3 cm³/mol. The van der Waals surface area contributed by atoms with Crippen LogP contribution in [-0.2, 0) is 4.74 Å². The standard InChI is InChI=1S/C15H26N4O/c1-6-7-17-12-8-16-9-13(18-12)19-10-14(2,3)20-15(4,5)11-19/h8-9H,6-7,10-11H2,1-5H3,(H,17,18). The number of rotatable bonds is 4. The van der Waals surface area contributed by atoms with E-state index in [-0.39, 0.29) is 11.2 Å². The number of morpholine rings is 1. The van der Waals surface area contributed by atoms with Crippen LogP contribution in [0.5, 0.6) is 0 Å². The molecular formula is C15H26N4O. The van der Waals surface area contributed by atoms with Crippen LogP contribution >= 0.6 is 0 Å². The summed E-state index contributed by atoms with van der Waals surface area (Å²) in [4.78, 5) is 11.2. The zero-order valence-corrected chi connectivity index (χ0v) is 13.2. The summed E-state index contributed by atoms with van der Waals surface area (Å²) in [5.41, 5.74) is -0.368. The minimum atomic E-state index is -0.184. The first-order valence-corrected chi connectivity index (χ1v) is 7.32. The van der Waals surface area contributed by atoms with Gasteiger partial charge in [-0.15, -0.1) is 0 Å². The molecule has 0 aliphatic carbocycles. The monoisotopic (exact) mass is 278 g/mol. The van der Waals surface area contributed by atoms with E-state index >= 15 is 0 Å². The molecule has 0 radical (unpaired) electrons. The second kappa shape index (κ2) is 5.56. The van der Waals surface area contributed by atoms with Crippen LogP contribution in [0.25, 0.3) is 0 Å². The number of nitrogens with one attached hydrogen (secondary N) is 1. The van der Waals surface area contributed by atoms with Gasteiger partial charge in [-0.3, -0.25) is 4.98 Å². The molecule has 5 nitrogen and oxygen atoms in total. The first kappa shape index (κ1) is 15.0. The topological polar surface area (TPSA) is 50.3 Å². The van der Waals surface area contributed by atoms with Crippen molar-refractivity contribution in [3.05, 3.63) is 12.4 Å². The van der Waals surface area contributed by atoms with Gasteiger partial charge in [0.05, 0.1) is 23.6 Å². The highest BCUT2D eigenvalue weighted by Gasteiger charge is 2.38. The lowest BCUT2D eigenvalue weighted by molar-refractivity contribution is -0.133. The summed E-state index contributed by atoms with van der Waals surface area (Å²) >= 11 is 0. The van der Waals surface area contributed by atoms with Crippen LogP contribution in [0.3, 0.4) is 0 Å². The third kappa shape index (κ3) is 3.82. The van der Waals surface area contributed by atoms with Gasteiger partial charge in [0, 0.05) is 19.6 Å². The maximum atomic E-state index is 6.10. The summed E-state index contributed by atoms with van der Waals surface area (Å²) in [6, 6.07) is 0. The van der Waals surface area contributed by atoms with E-state index in [9.17, 15) is 0 Å². The molecule has 0 bridgehead atoms. The first-order chi connectivity index (χ1) is 9.31. The molecule has 0 amide bonds. The molecule has 1 fully saturated rings. The number of hydrogen-bond acceptors (Lipinski definition) is 5. The molecule has 1 N–H and O–H groups in total. The molecule has 1 aromatic heterocycles. The number of anilines is 2. The normalized spacial score (nSPS) is 20.8. The maximum absolute atomic E-state index is 6.10. The molecule has 1 aliphatic rings. The van der Waals surface area contributed by atoms with E-state index in [2.05, 4.69) is 54.8 Å². The predicted octanol–water partition coefficient (Wildman–Crippen LogP) is 2.69. The van der Waals surface area contributed by atoms with Crippen molar-refractivity contribution in [2.45, 2.75) is 52.2 Å². The van der Waals surface area contributed by atoms with Gasteiger partial charge in [-0.05, 0) is 34.1 Å². The number of hydrogen-bond donors (Lipinski definition) is 1. The first-order valence-electron chi connectivity index (χ1n) is 7.32. The fourth-order valence-corrected chi connectivity index (χ4v) is 2.80. The Kier molecular flexibility index (Phi) is 4.18. The molecule has 1 aromatic rings. The van der Waals surface area contributed by atoms with Crippen LogP contribution in [0, 0.1) is 0 Å². The van der Waals surface area contributed by atoms with Crippen LogP contribution in [0.1, 0.15) is 41.0 Å². The highest BCUT2D eigenvalue weighted by atomic mass is 16.5. The van der Waals surface area contributed by atoms with Crippen molar-refractivity contribution >= 4 is 11.6 Å². The van der Waals surface area contributed by atoms with E-state index in [0.29, 0.717) is 0 Å². The Bertz CT molecular complexity index is 443. The van der Waals surface area contributed by atoms with Crippen molar-refractivity contribution in [3.63, 3.8) is 0 Å². The molecular weight excluding hydrogens is 252 g/mol. The van der Waals surface area contributed by atoms with Crippen molar-refractivity contribution in [2.24, 2.45) is 0 Å². The molecule has 0 saturated carbocycles. The molecule has 0 unspecified atom stereocenters. The van der Waals surface area contributed by atoms with Crippen molar-refractivity contribution in [2.75, 3.05) is 29.9 Å². The highest BCUT2D eigenvalue weighted by Crippen LogP contribution is 2.30. The molecule has 112 valence electrons. The average Bonchev–Trinajstić information content (AvgIpc) is 2.33. The van der Waals surface area contributed by atoms with E-state index in [1.165, 1.54) is 0 Å². The van der Waals surface area contributed by atoms with Crippen LogP contribution in [0.2, 0.25) is 0 Å². The van der Waals surface area contributed by atoms with Crippen LogP contribution in [-0.4, -0.2) is 40.8 Å². The Morgan fingerprint density at radius 2 is 1.85 bits per heavy atom. The molecule has 2 rings (SSSR count). The van der Waals surface area contributed by atoms with E-state index in [4.69, 9.17) is 4.74 Å². The van der Waals surface area contributed by atoms with Gasteiger partial charge in [0.2, 0.25) is 0 Å². The van der Waals surface area contributed by atoms with Crippen molar-refractivity contribution < 1.29 is 4.74 Å². The fraction of sp³-hybridized carbons (Fsp3) is 0.733. The van der Waals surface area contributed by atoms with Gasteiger partial charge in [-0.1, -0.05) is 6.92 Å². The van der Waals surface area contributed by atoms with Gasteiger partial charge in [-0.25, -0.2) is 4.98 Å². The quantitative estimate of drug-likeness (QED) is 0.917. The molecule has 2 heterocycles. The van der Waals surface area contributed by atoms with E-state index in [1.54, 1.807) is 6.20 Å². The molecule has 0 atom stereocenters. The minimum Gasteiger partial charge on any atom is -0.369 e. The van der Waals surface area contributed by atoms with Crippen LogP contribution in [0.15, 0.2) is 12.4 Å². The minimum absolute atomic E-state index is 0.184. The van der Waals surface area contributed by atoms with Crippen molar-refractivity contribution in [3.8, 4) is 0 Å². The second-order valence-corrected chi connectivity index (χ2v) is 6.67. The van der Waals surface area contributed by atoms with Gasteiger partial charge in [-0.2, -0.15) is 0 Å². The molecule has 5 heteroatoms. The van der Waals surface area contributed by atoms with Crippen molar-refractivity contribution in [1.29, 1.82) is 0 Å². The summed E-state index contributed by atoms with van der Waals surface area (Å²) in [7, 11) is 0. The maximum Gasteiger partial charge on any atom is 0.149 e. The number of nitrogens with zero attached hydrogens (tertiary/aromatic N) is 3. The smallest absolute Gasteiger partial charge is 0.149 e. The third-order valence-electron chi connectivity index (χ3n) is 3.20.